The van der Waals surface area contributed by atoms with Gasteiger partial charge in [0.1, 0.15) is 22.8 Å². The van der Waals surface area contributed by atoms with Crippen LogP contribution in [-0.4, -0.2) is 59.6 Å². The maximum Gasteiger partial charge on any atom is 0.270 e. The summed E-state index contributed by atoms with van der Waals surface area (Å²) in [6.07, 6.45) is -1.00. The highest BCUT2D eigenvalue weighted by Gasteiger charge is 2.63. The third-order valence-corrected chi connectivity index (χ3v) is 7.30. The van der Waals surface area contributed by atoms with E-state index < -0.39 is 80.8 Å². The van der Waals surface area contributed by atoms with Crippen LogP contribution >= 0.6 is 0 Å². The Bertz CT molecular complexity index is 1570. The van der Waals surface area contributed by atoms with Gasteiger partial charge in [-0.15, -0.1) is 0 Å². The Morgan fingerprint density at radius 2 is 1.82 bits per heavy atom. The molecule has 0 aromatic heterocycles. The van der Waals surface area contributed by atoms with Gasteiger partial charge in [-0.25, -0.2) is 0 Å². The lowest BCUT2D eigenvalue weighted by Gasteiger charge is -2.49. The molecule has 12 heteroatoms. The van der Waals surface area contributed by atoms with Crippen LogP contribution in [0.15, 0.2) is 65.1 Å². The van der Waals surface area contributed by atoms with Crippen molar-refractivity contribution in [3.05, 3.63) is 91.9 Å². The third kappa shape index (κ3) is 3.27. The molecule has 0 saturated heterocycles. The molecule has 0 fully saturated rings. The maximum atomic E-state index is 13.6. The van der Waals surface area contributed by atoms with Crippen LogP contribution in [0.4, 0.5) is 5.69 Å². The zero-order chi connectivity index (χ0) is 27.7. The van der Waals surface area contributed by atoms with Crippen molar-refractivity contribution in [3.63, 3.8) is 0 Å². The molecule has 0 bridgehead atoms. The normalized spacial score (nSPS) is 27.6. The second kappa shape index (κ2) is 8.36. The fourth-order valence-electron chi connectivity index (χ4n) is 5.59. The number of aromatic hydroxyl groups is 1. The van der Waals surface area contributed by atoms with Gasteiger partial charge in [-0.2, -0.15) is 0 Å². The molecule has 3 aliphatic rings. The van der Waals surface area contributed by atoms with Gasteiger partial charge in [0.25, 0.3) is 11.6 Å². The second-order valence-electron chi connectivity index (χ2n) is 9.30. The number of aliphatic hydroxyl groups is 4. The van der Waals surface area contributed by atoms with Crippen molar-refractivity contribution < 1.29 is 44.8 Å². The molecule has 0 saturated carbocycles. The number of nitro groups is 1. The molecule has 1 amide bonds. The number of nitrogens with zero attached hydrogens (tertiary/aromatic N) is 1. The number of carbonyl (C=O) groups excluding carboxylic acids is 3. The highest BCUT2D eigenvalue weighted by Crippen LogP contribution is 2.55. The smallest absolute Gasteiger partial charge is 0.270 e. The molecule has 5 rings (SSSR count). The quantitative estimate of drug-likeness (QED) is 0.194. The third-order valence-electron chi connectivity index (χ3n) is 7.30. The first-order valence-corrected chi connectivity index (χ1v) is 11.3. The summed E-state index contributed by atoms with van der Waals surface area (Å²) in [4.78, 5) is 49.2. The van der Waals surface area contributed by atoms with Crippen molar-refractivity contribution in [3.8, 4) is 5.75 Å². The van der Waals surface area contributed by atoms with E-state index in [4.69, 9.17) is 5.73 Å². The summed E-state index contributed by atoms with van der Waals surface area (Å²) < 4.78 is 0. The van der Waals surface area contributed by atoms with E-state index in [2.05, 4.69) is 0 Å². The molecule has 12 nitrogen and oxygen atoms in total. The molecular weight excluding hydrogens is 500 g/mol. The van der Waals surface area contributed by atoms with Gasteiger partial charge < -0.3 is 31.3 Å². The van der Waals surface area contributed by atoms with Gasteiger partial charge in [0, 0.05) is 30.4 Å². The molecule has 0 spiro atoms. The van der Waals surface area contributed by atoms with Crippen molar-refractivity contribution in [1.82, 2.24) is 0 Å². The van der Waals surface area contributed by atoms with Crippen LogP contribution in [0.25, 0.3) is 11.6 Å². The van der Waals surface area contributed by atoms with Crippen LogP contribution in [0, 0.1) is 22.0 Å². The molecule has 0 heterocycles. The number of benzene rings is 2. The number of ketones is 2. The number of allylic oxidation sites excluding steroid dienone is 1. The Balaban J connectivity index is 1.81. The van der Waals surface area contributed by atoms with Crippen LogP contribution in [0.3, 0.4) is 0 Å². The van der Waals surface area contributed by atoms with E-state index in [9.17, 15) is 50.0 Å². The van der Waals surface area contributed by atoms with Crippen molar-refractivity contribution >= 4 is 34.8 Å². The number of carbonyl (C=O) groups is 3. The minimum atomic E-state index is -2.98. The van der Waals surface area contributed by atoms with Crippen molar-refractivity contribution in [2.24, 2.45) is 17.6 Å². The second-order valence-corrected chi connectivity index (χ2v) is 9.30. The van der Waals surface area contributed by atoms with Crippen molar-refractivity contribution in [2.75, 3.05) is 0 Å². The van der Waals surface area contributed by atoms with Gasteiger partial charge in [-0.05, 0) is 22.8 Å². The first-order valence-electron chi connectivity index (χ1n) is 11.3. The molecular formula is C26H20N2O10. The summed E-state index contributed by atoms with van der Waals surface area (Å²) in [7, 11) is 0. The number of phenolic OH excluding ortho intramolecular Hbond substituents is 1. The number of phenols is 1. The summed E-state index contributed by atoms with van der Waals surface area (Å²) in [5, 5.41) is 66.3. The predicted octanol–water partition coefficient (Wildman–Crippen LogP) is 1.46. The molecule has 38 heavy (non-hydrogen) atoms. The average Bonchev–Trinajstić information content (AvgIpc) is 2.86. The number of amides is 1. The lowest BCUT2D eigenvalue weighted by atomic mass is 9.57. The Morgan fingerprint density at radius 1 is 1.13 bits per heavy atom. The minimum absolute atomic E-state index is 0.142. The predicted molar refractivity (Wildman–Crippen MR) is 129 cm³/mol. The summed E-state index contributed by atoms with van der Waals surface area (Å²) in [5.41, 5.74) is 0.654. The molecule has 2 aromatic carbocycles. The largest absolute Gasteiger partial charge is 0.511 e. The number of rotatable bonds is 3. The summed E-state index contributed by atoms with van der Waals surface area (Å²) in [6.45, 7) is 0. The highest BCUT2D eigenvalue weighted by atomic mass is 16.6. The van der Waals surface area contributed by atoms with E-state index >= 15 is 0 Å². The van der Waals surface area contributed by atoms with Gasteiger partial charge in [0.2, 0.25) is 5.78 Å². The van der Waals surface area contributed by atoms with Gasteiger partial charge in [0.05, 0.1) is 22.2 Å². The fraction of sp³-hybridized carbons (Fsp3) is 0.192. The molecule has 0 aliphatic heterocycles. The Labute approximate surface area is 213 Å². The van der Waals surface area contributed by atoms with E-state index in [0.717, 1.165) is 0 Å². The number of aliphatic hydroxyl groups excluding tert-OH is 3. The van der Waals surface area contributed by atoms with Crippen LogP contribution in [-0.2, 0) is 9.59 Å². The molecule has 1 unspecified atom stereocenters. The molecule has 0 radical (unpaired) electrons. The molecule has 3 aliphatic carbocycles. The molecule has 2 aromatic rings. The van der Waals surface area contributed by atoms with E-state index in [1.807, 2.05) is 0 Å². The van der Waals surface area contributed by atoms with Gasteiger partial charge >= 0.3 is 0 Å². The van der Waals surface area contributed by atoms with Crippen LogP contribution in [0.2, 0.25) is 0 Å². The van der Waals surface area contributed by atoms with Gasteiger partial charge in [0.15, 0.2) is 11.4 Å². The number of nitrogens with two attached hydrogens (primary N) is 1. The average molecular weight is 520 g/mol. The van der Waals surface area contributed by atoms with Gasteiger partial charge in [-0.1, -0.05) is 30.3 Å². The first-order chi connectivity index (χ1) is 17.9. The molecule has 194 valence electrons. The summed E-state index contributed by atoms with van der Waals surface area (Å²) >= 11 is 0. The van der Waals surface area contributed by atoms with Crippen LogP contribution in [0.1, 0.15) is 27.9 Å². The lowest BCUT2D eigenvalue weighted by molar-refractivity contribution is -0.384. The Morgan fingerprint density at radius 3 is 2.47 bits per heavy atom. The topological polar surface area (TPSA) is 222 Å². The Kier molecular flexibility index (Phi) is 5.47. The Hall–Kier alpha value is -4.81. The fourth-order valence-corrected chi connectivity index (χ4v) is 5.59. The highest BCUT2D eigenvalue weighted by molar-refractivity contribution is 6.25. The molecule has 4 atom stereocenters. The molecule has 7 N–H and O–H groups in total. The van der Waals surface area contributed by atoms with Crippen molar-refractivity contribution in [2.45, 2.75) is 18.1 Å². The zero-order valence-electron chi connectivity index (χ0n) is 19.4. The van der Waals surface area contributed by atoms with Crippen LogP contribution in [0.5, 0.6) is 5.75 Å². The van der Waals surface area contributed by atoms with E-state index in [1.165, 1.54) is 48.5 Å². The lowest BCUT2D eigenvalue weighted by Crippen LogP contribution is -2.62. The van der Waals surface area contributed by atoms with Gasteiger partial charge in [-0.3, -0.25) is 24.5 Å². The SMILES string of the molecule is NC(=O)C1=C(O)C[C@@H]2[C@@H](O)[C@H]3C(=C(O)C2(O)C1=O)C(=O)c1c(O)cccc1/C3=C\c1cccc([N+](=O)[O-])c1. The number of hydrogen-bond acceptors (Lipinski definition) is 10. The number of fused-ring (bicyclic) bond motifs is 3. The number of hydrogen-bond donors (Lipinski definition) is 6. The maximum absolute atomic E-state index is 13.6. The van der Waals surface area contributed by atoms with Crippen LogP contribution < -0.4 is 5.73 Å². The zero-order valence-corrected chi connectivity index (χ0v) is 19.4. The standard InChI is InChI=1S/C26H20N2O10/c27-25(35)19-16(30)9-14-21(31)18-13(8-10-3-1-4-11(7-10)28(37)38)12-5-2-6-15(29)17(12)22(32)20(18)24(34)26(14,36)23(19)33/h1-8,14,18,21,29-31,34,36H,9H2,(H2,27,35)/b13-8+/t14-,18-,21-,26?/m1/s1. The minimum Gasteiger partial charge on any atom is -0.511 e. The summed E-state index contributed by atoms with van der Waals surface area (Å²) in [5.74, 6) is -9.29. The summed E-state index contributed by atoms with van der Waals surface area (Å²) in [6, 6.07) is 9.53. The number of primary amides is 1. The number of Topliss-reactive ketones (excluding diaryl/α,β-unsaturated/α-hetero) is 2. The van der Waals surface area contributed by atoms with E-state index in [0.29, 0.717) is 0 Å². The number of nitro benzene ring substituents is 1. The van der Waals surface area contributed by atoms with E-state index in [-0.39, 0.29) is 28.0 Å². The monoisotopic (exact) mass is 520 g/mol. The van der Waals surface area contributed by atoms with E-state index in [1.54, 1.807) is 0 Å². The first kappa shape index (κ1) is 24.9. The number of non-ortho nitro benzene ring substituents is 1. The van der Waals surface area contributed by atoms with Crippen molar-refractivity contribution in [1.29, 1.82) is 0 Å².